The van der Waals surface area contributed by atoms with Gasteiger partial charge in [0, 0.05) is 19.3 Å². The molecule has 6 heteroatoms. The fourth-order valence-electron chi connectivity index (χ4n) is 8.15. The van der Waals surface area contributed by atoms with E-state index in [0.717, 1.165) is 96.3 Å². The molecule has 0 radical (unpaired) electrons. The molecule has 6 nitrogen and oxygen atoms in total. The summed E-state index contributed by atoms with van der Waals surface area (Å²) in [7, 11) is 0. The molecule has 0 bridgehead atoms. The van der Waals surface area contributed by atoms with E-state index in [1.165, 1.54) is 141 Å². The Morgan fingerprint density at radius 2 is 0.574 bits per heavy atom. The largest absolute Gasteiger partial charge is 0.462 e. The number of carbonyl (C=O) groups is 3. The lowest BCUT2D eigenvalue weighted by Gasteiger charge is -2.18. The van der Waals surface area contributed by atoms with Crippen molar-refractivity contribution >= 4 is 17.9 Å². The van der Waals surface area contributed by atoms with Crippen LogP contribution in [0.3, 0.4) is 0 Å². The third-order valence-electron chi connectivity index (χ3n) is 12.5. The normalized spacial score (nSPS) is 12.6. The molecule has 0 N–H and O–H groups in total. The van der Waals surface area contributed by atoms with Crippen molar-refractivity contribution in [1.82, 2.24) is 0 Å². The Morgan fingerprint density at radius 1 is 0.309 bits per heavy atom. The minimum absolute atomic E-state index is 0.0910. The molecule has 0 aliphatic rings. The van der Waals surface area contributed by atoms with Gasteiger partial charge in [-0.25, -0.2) is 0 Å². The number of hydrogen-bond acceptors (Lipinski definition) is 6. The summed E-state index contributed by atoms with van der Waals surface area (Å²) in [5.74, 6) is -0.941. The van der Waals surface area contributed by atoms with E-state index in [0.29, 0.717) is 19.3 Å². The van der Waals surface area contributed by atoms with Crippen LogP contribution in [0.25, 0.3) is 0 Å². The highest BCUT2D eigenvalue weighted by Crippen LogP contribution is 2.17. The average Bonchev–Trinajstić information content (AvgIpc) is 3.34. The molecule has 0 spiro atoms. The van der Waals surface area contributed by atoms with E-state index >= 15 is 0 Å². The predicted octanol–water partition coefficient (Wildman–Crippen LogP) is 19.4. The zero-order valence-electron chi connectivity index (χ0n) is 44.9. The molecule has 0 fully saturated rings. The molecule has 1 atom stereocenters. The maximum atomic E-state index is 12.8. The topological polar surface area (TPSA) is 78.9 Å². The Kier molecular flexibility index (Phi) is 53.8. The minimum atomic E-state index is -0.793. The second kappa shape index (κ2) is 56.4. The Bertz CT molecular complexity index is 1270. The number of carbonyl (C=O) groups excluding carboxylic acids is 3. The molecule has 0 saturated heterocycles. The van der Waals surface area contributed by atoms with Crippen molar-refractivity contribution < 1.29 is 28.6 Å². The van der Waals surface area contributed by atoms with Gasteiger partial charge in [-0.1, -0.05) is 267 Å². The molecule has 392 valence electrons. The number of esters is 3. The van der Waals surface area contributed by atoms with Crippen LogP contribution in [-0.2, 0) is 28.6 Å². The van der Waals surface area contributed by atoms with Crippen LogP contribution < -0.4 is 0 Å². The number of hydrogen-bond donors (Lipinski definition) is 0. The second-order valence-corrected chi connectivity index (χ2v) is 19.2. The van der Waals surface area contributed by atoms with Gasteiger partial charge >= 0.3 is 17.9 Å². The fourth-order valence-corrected chi connectivity index (χ4v) is 8.15. The van der Waals surface area contributed by atoms with Crippen molar-refractivity contribution in [1.29, 1.82) is 0 Å². The Hall–Kier alpha value is -3.15. The zero-order valence-corrected chi connectivity index (χ0v) is 44.9. The van der Waals surface area contributed by atoms with Crippen molar-refractivity contribution in [2.45, 2.75) is 290 Å². The van der Waals surface area contributed by atoms with E-state index in [1.807, 2.05) is 0 Å². The number of allylic oxidation sites excluding steroid dienone is 12. The first-order valence-corrected chi connectivity index (χ1v) is 28.9. The van der Waals surface area contributed by atoms with E-state index in [-0.39, 0.29) is 37.5 Å². The third-order valence-corrected chi connectivity index (χ3v) is 12.5. The van der Waals surface area contributed by atoms with Crippen LogP contribution in [0.2, 0.25) is 0 Å². The van der Waals surface area contributed by atoms with Gasteiger partial charge < -0.3 is 14.2 Å². The highest BCUT2D eigenvalue weighted by atomic mass is 16.6. The van der Waals surface area contributed by atoms with E-state index in [9.17, 15) is 14.4 Å². The molecule has 0 aromatic carbocycles. The maximum absolute atomic E-state index is 12.8. The van der Waals surface area contributed by atoms with Gasteiger partial charge in [0.25, 0.3) is 0 Å². The van der Waals surface area contributed by atoms with Crippen LogP contribution in [0.4, 0.5) is 0 Å². The number of unbranched alkanes of at least 4 members (excludes halogenated alkanes) is 29. The molecule has 0 aliphatic heterocycles. The minimum Gasteiger partial charge on any atom is -0.462 e. The molecular weight excluding hydrogens is 841 g/mol. The van der Waals surface area contributed by atoms with Crippen LogP contribution in [0, 0.1) is 0 Å². The summed E-state index contributed by atoms with van der Waals surface area (Å²) in [5, 5.41) is 0. The first-order chi connectivity index (χ1) is 33.5. The van der Waals surface area contributed by atoms with E-state index < -0.39 is 6.10 Å². The molecule has 0 aromatic heterocycles. The maximum Gasteiger partial charge on any atom is 0.306 e. The van der Waals surface area contributed by atoms with Gasteiger partial charge in [0.15, 0.2) is 6.10 Å². The second-order valence-electron chi connectivity index (χ2n) is 19.2. The standard InChI is InChI=1S/C62H108O6/c1-4-7-10-13-15-17-19-21-23-25-27-29-30-31-33-34-36-38-40-42-44-46-49-52-55-61(64)67-58-59(57-66-60(63)54-51-48-12-9-6-3)68-62(65)56-53-50-47-45-43-41-39-37-35-32-28-26-24-22-20-18-16-14-11-8-5-2/h8,11,16,18,22,24,28,32,37,39,43,45,59H,4-7,9-10,12-15,17,19-21,23,25-27,29-31,33-36,38,40-42,44,46-58H2,1-3H3/b11-8-,18-16-,24-22-,32-28-,39-37-,45-43-. The van der Waals surface area contributed by atoms with Crippen LogP contribution in [-0.4, -0.2) is 37.2 Å². The van der Waals surface area contributed by atoms with E-state index in [4.69, 9.17) is 14.2 Å². The van der Waals surface area contributed by atoms with Crippen LogP contribution >= 0.6 is 0 Å². The van der Waals surface area contributed by atoms with Crippen LogP contribution in [0.5, 0.6) is 0 Å². The quantitative estimate of drug-likeness (QED) is 0.0262. The summed E-state index contributed by atoms with van der Waals surface area (Å²) in [6, 6.07) is 0. The summed E-state index contributed by atoms with van der Waals surface area (Å²) in [4.78, 5) is 37.8. The summed E-state index contributed by atoms with van der Waals surface area (Å²) < 4.78 is 16.7. The van der Waals surface area contributed by atoms with Gasteiger partial charge in [-0.2, -0.15) is 0 Å². The lowest BCUT2D eigenvalue weighted by Crippen LogP contribution is -2.30. The monoisotopic (exact) mass is 949 g/mol. The van der Waals surface area contributed by atoms with Gasteiger partial charge in [-0.15, -0.1) is 0 Å². The van der Waals surface area contributed by atoms with Crippen molar-refractivity contribution in [3.8, 4) is 0 Å². The average molecular weight is 950 g/mol. The van der Waals surface area contributed by atoms with Crippen molar-refractivity contribution in [3.63, 3.8) is 0 Å². The summed E-state index contributed by atoms with van der Waals surface area (Å²) >= 11 is 0. The molecule has 0 rings (SSSR count). The predicted molar refractivity (Wildman–Crippen MR) is 293 cm³/mol. The summed E-state index contributed by atoms with van der Waals surface area (Å²) in [6.07, 6.45) is 72.4. The highest BCUT2D eigenvalue weighted by Gasteiger charge is 2.19. The van der Waals surface area contributed by atoms with Crippen molar-refractivity contribution in [2.24, 2.45) is 0 Å². The Morgan fingerprint density at radius 3 is 0.897 bits per heavy atom. The molecule has 0 aromatic rings. The number of ether oxygens (including phenoxy) is 3. The van der Waals surface area contributed by atoms with Gasteiger partial charge in [0.05, 0.1) is 0 Å². The lowest BCUT2D eigenvalue weighted by molar-refractivity contribution is -0.167. The molecule has 0 amide bonds. The van der Waals surface area contributed by atoms with Crippen LogP contribution in [0.1, 0.15) is 284 Å². The van der Waals surface area contributed by atoms with Gasteiger partial charge in [-0.3, -0.25) is 14.4 Å². The Balaban J connectivity index is 4.13. The summed E-state index contributed by atoms with van der Waals surface area (Å²) in [6.45, 7) is 6.43. The molecule has 0 saturated carbocycles. The molecule has 0 heterocycles. The SMILES string of the molecule is CC/C=C\C/C=C\C/C=C\C/C=C\C/C=C\C/C=C\CCCCC(=O)OC(COC(=O)CCCCCCC)COC(=O)CCCCCCCCCCCCCCCCCCCCCCCCCC. The van der Waals surface area contributed by atoms with E-state index in [1.54, 1.807) is 0 Å². The third kappa shape index (κ3) is 53.8. The molecular formula is C62H108O6. The summed E-state index contributed by atoms with van der Waals surface area (Å²) in [5.41, 5.74) is 0. The first-order valence-electron chi connectivity index (χ1n) is 28.9. The van der Waals surface area contributed by atoms with Gasteiger partial charge in [0.1, 0.15) is 13.2 Å². The van der Waals surface area contributed by atoms with Gasteiger partial charge in [-0.05, 0) is 70.6 Å². The molecule has 68 heavy (non-hydrogen) atoms. The Labute approximate surface area is 421 Å². The van der Waals surface area contributed by atoms with E-state index in [2.05, 4.69) is 93.7 Å². The smallest absolute Gasteiger partial charge is 0.306 e. The molecule has 1 unspecified atom stereocenters. The van der Waals surface area contributed by atoms with Crippen molar-refractivity contribution in [2.75, 3.05) is 13.2 Å². The lowest BCUT2D eigenvalue weighted by atomic mass is 10.0. The highest BCUT2D eigenvalue weighted by molar-refractivity contribution is 5.71. The van der Waals surface area contributed by atoms with Crippen LogP contribution in [0.15, 0.2) is 72.9 Å². The number of rotatable bonds is 52. The van der Waals surface area contributed by atoms with Gasteiger partial charge in [0.2, 0.25) is 0 Å². The first kappa shape index (κ1) is 64.8. The van der Waals surface area contributed by atoms with Crippen molar-refractivity contribution in [3.05, 3.63) is 72.9 Å². The molecule has 0 aliphatic carbocycles. The zero-order chi connectivity index (χ0) is 49.3. The fraction of sp³-hybridized carbons (Fsp3) is 0.758.